The summed E-state index contributed by atoms with van der Waals surface area (Å²) in [5.74, 6) is -0.187. The van der Waals surface area contributed by atoms with Gasteiger partial charge in [-0.3, -0.25) is 9.59 Å². The third kappa shape index (κ3) is 4.13. The zero-order valence-corrected chi connectivity index (χ0v) is 15.8. The second-order valence-electron chi connectivity index (χ2n) is 7.52. The van der Waals surface area contributed by atoms with Crippen LogP contribution in [0.3, 0.4) is 0 Å². The summed E-state index contributed by atoms with van der Waals surface area (Å²) in [7, 11) is 0. The lowest BCUT2D eigenvalue weighted by Crippen LogP contribution is -2.21. The molecule has 2 unspecified atom stereocenters. The number of rotatable bonds is 5. The maximum Gasteiger partial charge on any atom is 0.228 e. The molecule has 4 heteroatoms. The zero-order chi connectivity index (χ0) is 18.8. The molecule has 4 nitrogen and oxygen atoms in total. The van der Waals surface area contributed by atoms with Crippen molar-refractivity contribution in [1.82, 2.24) is 0 Å². The van der Waals surface area contributed by atoms with Gasteiger partial charge < -0.3 is 10.6 Å². The van der Waals surface area contributed by atoms with E-state index in [0.29, 0.717) is 12.3 Å². The van der Waals surface area contributed by atoms with Crippen molar-refractivity contribution in [2.24, 2.45) is 11.8 Å². The van der Waals surface area contributed by atoms with Gasteiger partial charge in [0.1, 0.15) is 0 Å². The van der Waals surface area contributed by atoms with Crippen LogP contribution in [0.25, 0.3) is 0 Å². The van der Waals surface area contributed by atoms with Crippen molar-refractivity contribution >= 4 is 23.2 Å². The lowest BCUT2D eigenvalue weighted by molar-refractivity contribution is -0.122. The molecule has 2 aromatic rings. The Hall–Kier alpha value is -2.62. The monoisotopic (exact) mass is 350 g/mol. The topological polar surface area (TPSA) is 58.2 Å². The van der Waals surface area contributed by atoms with E-state index in [1.54, 1.807) is 0 Å². The van der Waals surface area contributed by atoms with Crippen molar-refractivity contribution in [2.45, 2.75) is 40.0 Å². The highest BCUT2D eigenvalue weighted by atomic mass is 16.2. The van der Waals surface area contributed by atoms with Crippen LogP contribution >= 0.6 is 0 Å². The number of benzene rings is 2. The van der Waals surface area contributed by atoms with Crippen molar-refractivity contribution in [1.29, 1.82) is 0 Å². The standard InChI is InChI=1S/C22H26N2O2/c1-13(2)16-7-9-17(10-8-16)23-21(25)18-12-19(18)22(26)24-20-11-14(3)5-6-15(20)4/h5-11,13,18-19H,12H2,1-4H3,(H,23,25)(H,24,26). The summed E-state index contributed by atoms with van der Waals surface area (Å²) in [5, 5.41) is 5.88. The second-order valence-corrected chi connectivity index (χ2v) is 7.52. The summed E-state index contributed by atoms with van der Waals surface area (Å²) in [5.41, 5.74) is 4.96. The summed E-state index contributed by atoms with van der Waals surface area (Å²) < 4.78 is 0. The molecule has 1 saturated carbocycles. The first-order chi connectivity index (χ1) is 12.3. The molecule has 0 bridgehead atoms. The minimum atomic E-state index is -0.246. The molecule has 1 aliphatic rings. The van der Waals surface area contributed by atoms with E-state index in [2.05, 4.69) is 24.5 Å². The molecule has 0 aliphatic heterocycles. The Morgan fingerprint density at radius 2 is 1.54 bits per heavy atom. The number of nitrogens with one attached hydrogen (secondary N) is 2. The van der Waals surface area contributed by atoms with E-state index in [9.17, 15) is 9.59 Å². The van der Waals surface area contributed by atoms with Gasteiger partial charge in [0.2, 0.25) is 11.8 Å². The first-order valence-electron chi connectivity index (χ1n) is 9.14. The van der Waals surface area contributed by atoms with E-state index in [-0.39, 0.29) is 23.7 Å². The van der Waals surface area contributed by atoms with E-state index in [0.717, 1.165) is 22.5 Å². The molecule has 26 heavy (non-hydrogen) atoms. The molecule has 2 amide bonds. The SMILES string of the molecule is Cc1ccc(C)c(NC(=O)C2CC2C(=O)Nc2ccc(C(C)C)cc2)c1. The summed E-state index contributed by atoms with van der Waals surface area (Å²) in [6, 6.07) is 13.9. The molecule has 1 aliphatic carbocycles. The number of hydrogen-bond donors (Lipinski definition) is 2. The summed E-state index contributed by atoms with van der Waals surface area (Å²) in [6.07, 6.45) is 0.604. The van der Waals surface area contributed by atoms with E-state index < -0.39 is 0 Å². The fraction of sp³-hybridized carbons (Fsp3) is 0.364. The maximum absolute atomic E-state index is 12.4. The number of aryl methyl sites for hydroxylation is 2. The van der Waals surface area contributed by atoms with Gasteiger partial charge in [0, 0.05) is 11.4 Å². The molecule has 3 rings (SSSR count). The highest BCUT2D eigenvalue weighted by Crippen LogP contribution is 2.40. The number of amides is 2. The predicted octanol–water partition coefficient (Wildman–Crippen LogP) is 4.64. The largest absolute Gasteiger partial charge is 0.326 e. The fourth-order valence-corrected chi connectivity index (χ4v) is 3.06. The van der Waals surface area contributed by atoms with Crippen molar-refractivity contribution in [2.75, 3.05) is 10.6 Å². The lowest BCUT2D eigenvalue weighted by Gasteiger charge is -2.10. The van der Waals surface area contributed by atoms with Crippen LogP contribution in [0, 0.1) is 25.7 Å². The number of hydrogen-bond acceptors (Lipinski definition) is 2. The Bertz CT molecular complexity index is 825. The van der Waals surface area contributed by atoms with Gasteiger partial charge in [-0.15, -0.1) is 0 Å². The second kappa shape index (κ2) is 7.32. The van der Waals surface area contributed by atoms with Crippen molar-refractivity contribution < 1.29 is 9.59 Å². The average Bonchev–Trinajstić information content (AvgIpc) is 3.39. The first-order valence-corrected chi connectivity index (χ1v) is 9.14. The third-order valence-corrected chi connectivity index (χ3v) is 4.96. The molecule has 0 heterocycles. The van der Waals surface area contributed by atoms with Crippen LogP contribution < -0.4 is 10.6 Å². The van der Waals surface area contributed by atoms with E-state index in [1.165, 1.54) is 5.56 Å². The average molecular weight is 350 g/mol. The molecule has 2 atom stereocenters. The number of carbonyl (C=O) groups is 2. The maximum atomic E-state index is 12.4. The molecular formula is C22H26N2O2. The highest BCUT2D eigenvalue weighted by molar-refractivity contribution is 6.03. The molecule has 1 fully saturated rings. The van der Waals surface area contributed by atoms with Gasteiger partial charge in [-0.1, -0.05) is 38.1 Å². The molecular weight excluding hydrogens is 324 g/mol. The van der Waals surface area contributed by atoms with Gasteiger partial charge in [-0.25, -0.2) is 0 Å². The molecule has 0 spiro atoms. The quantitative estimate of drug-likeness (QED) is 0.825. The van der Waals surface area contributed by atoms with Gasteiger partial charge in [0.25, 0.3) is 0 Å². The molecule has 2 N–H and O–H groups in total. The summed E-state index contributed by atoms with van der Waals surface area (Å²) in [4.78, 5) is 24.8. The highest BCUT2D eigenvalue weighted by Gasteiger charge is 2.48. The Morgan fingerprint density at radius 1 is 0.923 bits per heavy atom. The number of anilines is 2. The normalized spacial score (nSPS) is 18.5. The minimum Gasteiger partial charge on any atom is -0.326 e. The first kappa shape index (κ1) is 18.2. The zero-order valence-electron chi connectivity index (χ0n) is 15.8. The van der Waals surface area contributed by atoms with Gasteiger partial charge in [-0.05, 0) is 61.1 Å². The van der Waals surface area contributed by atoms with Crippen LogP contribution in [0.4, 0.5) is 11.4 Å². The van der Waals surface area contributed by atoms with Crippen molar-refractivity contribution in [3.05, 3.63) is 59.2 Å². The Labute approximate surface area is 155 Å². The Kier molecular flexibility index (Phi) is 5.12. The summed E-state index contributed by atoms with van der Waals surface area (Å²) in [6.45, 7) is 8.23. The van der Waals surface area contributed by atoms with Gasteiger partial charge in [0.15, 0.2) is 0 Å². The molecule has 136 valence electrons. The number of carbonyl (C=O) groups excluding carboxylic acids is 2. The molecule has 0 radical (unpaired) electrons. The smallest absolute Gasteiger partial charge is 0.228 e. The lowest BCUT2D eigenvalue weighted by atomic mass is 10.0. The molecule has 0 saturated heterocycles. The van der Waals surface area contributed by atoms with Crippen LogP contribution in [0.1, 0.15) is 42.9 Å². The van der Waals surface area contributed by atoms with E-state index >= 15 is 0 Å². The van der Waals surface area contributed by atoms with Gasteiger partial charge >= 0.3 is 0 Å². The summed E-state index contributed by atoms with van der Waals surface area (Å²) >= 11 is 0. The van der Waals surface area contributed by atoms with E-state index in [1.807, 2.05) is 56.3 Å². The van der Waals surface area contributed by atoms with Crippen LogP contribution in [-0.2, 0) is 9.59 Å². The molecule has 0 aromatic heterocycles. The Balaban J connectivity index is 1.56. The fourth-order valence-electron chi connectivity index (χ4n) is 3.06. The van der Waals surface area contributed by atoms with Crippen LogP contribution in [0.5, 0.6) is 0 Å². The van der Waals surface area contributed by atoms with Crippen molar-refractivity contribution in [3.63, 3.8) is 0 Å². The van der Waals surface area contributed by atoms with Crippen molar-refractivity contribution in [3.8, 4) is 0 Å². The Morgan fingerprint density at radius 3 is 2.15 bits per heavy atom. The van der Waals surface area contributed by atoms with Crippen LogP contribution in [0.15, 0.2) is 42.5 Å². The predicted molar refractivity (Wildman–Crippen MR) is 105 cm³/mol. The van der Waals surface area contributed by atoms with Crippen LogP contribution in [0.2, 0.25) is 0 Å². The van der Waals surface area contributed by atoms with Crippen LogP contribution in [-0.4, -0.2) is 11.8 Å². The third-order valence-electron chi connectivity index (χ3n) is 4.96. The van der Waals surface area contributed by atoms with Gasteiger partial charge in [0.05, 0.1) is 11.8 Å². The minimum absolute atomic E-state index is 0.0750. The molecule has 2 aromatic carbocycles. The van der Waals surface area contributed by atoms with E-state index in [4.69, 9.17) is 0 Å². The van der Waals surface area contributed by atoms with Gasteiger partial charge in [-0.2, -0.15) is 0 Å².